The SMILES string of the molecule is N#CCC(=O)N/N=C1/C(=O)N(c2ccc(Cl)cc2)C(=O)C(=O)C1c1nc2ccccc2o1. The number of anilines is 1. The van der Waals surface area contributed by atoms with Crippen LogP contribution in [-0.4, -0.2) is 34.2 Å². The van der Waals surface area contributed by atoms with Gasteiger partial charge in [-0.15, -0.1) is 0 Å². The number of para-hydroxylation sites is 2. The van der Waals surface area contributed by atoms with Gasteiger partial charge in [-0.2, -0.15) is 10.4 Å². The molecule has 2 heterocycles. The lowest BCUT2D eigenvalue weighted by molar-refractivity contribution is -0.139. The van der Waals surface area contributed by atoms with Gasteiger partial charge in [-0.05, 0) is 36.4 Å². The van der Waals surface area contributed by atoms with E-state index >= 15 is 0 Å². The van der Waals surface area contributed by atoms with Crippen LogP contribution in [0.4, 0.5) is 5.69 Å². The minimum Gasteiger partial charge on any atom is -0.439 e. The van der Waals surface area contributed by atoms with Crippen LogP contribution >= 0.6 is 11.6 Å². The first kappa shape index (κ1) is 20.9. The second kappa shape index (κ2) is 8.41. The number of rotatable bonds is 4. The Hall–Kier alpha value is -4.36. The summed E-state index contributed by atoms with van der Waals surface area (Å²) in [5.74, 6) is -5.70. The fourth-order valence-corrected chi connectivity index (χ4v) is 3.23. The average Bonchev–Trinajstić information content (AvgIpc) is 3.20. The number of hydrogen-bond acceptors (Lipinski definition) is 8. The highest BCUT2D eigenvalue weighted by Gasteiger charge is 2.49. The van der Waals surface area contributed by atoms with Gasteiger partial charge in [-0.3, -0.25) is 19.2 Å². The number of nitrogens with zero attached hydrogens (tertiary/aromatic N) is 4. The van der Waals surface area contributed by atoms with Crippen LogP contribution in [0.3, 0.4) is 0 Å². The first-order valence-electron chi connectivity index (χ1n) is 9.17. The zero-order valence-corrected chi connectivity index (χ0v) is 16.9. The molecule has 0 aliphatic carbocycles. The number of oxazole rings is 1. The van der Waals surface area contributed by atoms with Gasteiger partial charge >= 0.3 is 5.91 Å². The van der Waals surface area contributed by atoms with Crippen molar-refractivity contribution in [1.29, 1.82) is 5.26 Å². The number of carbonyl (C=O) groups excluding carboxylic acids is 4. The van der Waals surface area contributed by atoms with E-state index in [0.29, 0.717) is 21.0 Å². The van der Waals surface area contributed by atoms with Gasteiger partial charge in [0.1, 0.15) is 17.6 Å². The smallest absolute Gasteiger partial charge is 0.302 e. The largest absolute Gasteiger partial charge is 0.439 e. The molecule has 4 rings (SSSR count). The molecule has 11 heteroatoms. The molecule has 32 heavy (non-hydrogen) atoms. The second-order valence-corrected chi connectivity index (χ2v) is 7.04. The molecular formula is C21H12ClN5O5. The highest BCUT2D eigenvalue weighted by atomic mass is 35.5. The van der Waals surface area contributed by atoms with Gasteiger partial charge in [0.2, 0.25) is 11.7 Å². The Labute approximate surface area is 185 Å². The van der Waals surface area contributed by atoms with E-state index in [1.54, 1.807) is 30.3 Å². The van der Waals surface area contributed by atoms with Crippen LogP contribution < -0.4 is 10.3 Å². The first-order valence-corrected chi connectivity index (χ1v) is 9.55. The van der Waals surface area contributed by atoms with Crippen LogP contribution in [-0.2, 0) is 19.2 Å². The zero-order chi connectivity index (χ0) is 22.8. The number of carbonyl (C=O) groups is 4. The molecule has 1 aromatic heterocycles. The van der Waals surface area contributed by atoms with E-state index in [2.05, 4.69) is 15.5 Å². The van der Waals surface area contributed by atoms with Crippen molar-refractivity contribution in [3.63, 3.8) is 0 Å². The number of imide groups is 1. The molecule has 1 atom stereocenters. The van der Waals surface area contributed by atoms with Gasteiger partial charge in [0, 0.05) is 5.02 Å². The summed E-state index contributed by atoms with van der Waals surface area (Å²) in [5.41, 5.74) is 2.40. The summed E-state index contributed by atoms with van der Waals surface area (Å²) in [6.07, 6.45) is -0.522. The molecular weight excluding hydrogens is 438 g/mol. The average molecular weight is 450 g/mol. The molecule has 0 spiro atoms. The number of hydrogen-bond donors (Lipinski definition) is 1. The number of amides is 3. The first-order chi connectivity index (χ1) is 15.4. The fraction of sp³-hybridized carbons (Fsp3) is 0.0952. The van der Waals surface area contributed by atoms with E-state index in [-0.39, 0.29) is 11.6 Å². The number of Topliss-reactive ketones (excluding diaryl/α,β-unsaturated/α-hetero) is 1. The maximum Gasteiger partial charge on any atom is 0.302 e. The van der Waals surface area contributed by atoms with Crippen molar-refractivity contribution in [2.45, 2.75) is 12.3 Å². The number of hydrazone groups is 1. The Morgan fingerprint density at radius 1 is 1.16 bits per heavy atom. The maximum atomic E-state index is 13.2. The van der Waals surface area contributed by atoms with E-state index < -0.39 is 41.6 Å². The number of nitrogens with one attached hydrogen (secondary N) is 1. The summed E-state index contributed by atoms with van der Waals surface area (Å²) in [4.78, 5) is 55.8. The molecule has 0 bridgehead atoms. The van der Waals surface area contributed by atoms with Crippen molar-refractivity contribution < 1.29 is 23.6 Å². The van der Waals surface area contributed by atoms with E-state index in [1.807, 2.05) is 0 Å². The monoisotopic (exact) mass is 449 g/mol. The minimum atomic E-state index is -1.58. The number of fused-ring (bicyclic) bond motifs is 1. The van der Waals surface area contributed by atoms with Crippen molar-refractivity contribution in [1.82, 2.24) is 10.4 Å². The third-order valence-corrected chi connectivity index (χ3v) is 4.81. The molecule has 2 aromatic carbocycles. The van der Waals surface area contributed by atoms with Crippen molar-refractivity contribution in [3.05, 3.63) is 59.4 Å². The van der Waals surface area contributed by atoms with Crippen LogP contribution in [0.1, 0.15) is 18.2 Å². The van der Waals surface area contributed by atoms with E-state index in [0.717, 1.165) is 0 Å². The normalized spacial score (nSPS) is 17.6. The van der Waals surface area contributed by atoms with Crippen LogP contribution in [0.25, 0.3) is 11.1 Å². The maximum absolute atomic E-state index is 13.2. The van der Waals surface area contributed by atoms with E-state index in [9.17, 15) is 19.2 Å². The number of ketones is 1. The van der Waals surface area contributed by atoms with Gasteiger partial charge in [-0.25, -0.2) is 15.3 Å². The number of aromatic nitrogens is 1. The molecule has 10 nitrogen and oxygen atoms in total. The predicted octanol–water partition coefficient (Wildman–Crippen LogP) is 2.09. The Balaban J connectivity index is 1.81. The molecule has 1 aliphatic heterocycles. The van der Waals surface area contributed by atoms with Gasteiger partial charge in [0.05, 0.1) is 11.8 Å². The Morgan fingerprint density at radius 2 is 1.88 bits per heavy atom. The number of piperidine rings is 1. The van der Waals surface area contributed by atoms with Gasteiger partial charge in [0.15, 0.2) is 11.5 Å². The lowest BCUT2D eigenvalue weighted by atomic mass is 9.91. The lowest BCUT2D eigenvalue weighted by Crippen LogP contribution is -2.55. The van der Waals surface area contributed by atoms with Gasteiger partial charge in [0.25, 0.3) is 11.8 Å². The van der Waals surface area contributed by atoms with Crippen LogP contribution in [0.2, 0.25) is 5.02 Å². The standard InChI is InChI=1S/C21H12ClN5O5/c22-11-5-7-12(8-6-11)27-20(30)17(26-25-15(28)9-10-23)16(18(29)21(27)31)19-24-13-3-1-2-4-14(13)32-19/h1-8,16H,9H2,(H,25,28)/b26-17+. The molecule has 1 N–H and O–H groups in total. The number of benzene rings is 2. The van der Waals surface area contributed by atoms with Crippen molar-refractivity contribution in [2.75, 3.05) is 4.90 Å². The summed E-state index contributed by atoms with van der Waals surface area (Å²) >= 11 is 5.86. The van der Waals surface area contributed by atoms with Crippen LogP contribution in [0.5, 0.6) is 0 Å². The summed E-state index contributed by atoms with van der Waals surface area (Å²) in [7, 11) is 0. The predicted molar refractivity (Wildman–Crippen MR) is 112 cm³/mol. The van der Waals surface area contributed by atoms with Crippen molar-refractivity contribution >= 4 is 57.6 Å². The summed E-state index contributed by atoms with van der Waals surface area (Å²) < 4.78 is 5.60. The van der Waals surface area contributed by atoms with Gasteiger partial charge < -0.3 is 4.42 Å². The lowest BCUT2D eigenvalue weighted by Gasteiger charge is -2.28. The Kier molecular flexibility index (Phi) is 5.49. The molecule has 1 saturated heterocycles. The van der Waals surface area contributed by atoms with Crippen LogP contribution in [0, 0.1) is 11.3 Å². The molecule has 0 radical (unpaired) electrons. The molecule has 1 fully saturated rings. The minimum absolute atomic E-state index is 0.0878. The molecule has 3 aromatic rings. The van der Waals surface area contributed by atoms with E-state index in [4.69, 9.17) is 21.3 Å². The Bertz CT molecular complexity index is 1310. The number of halogens is 1. The van der Waals surface area contributed by atoms with Crippen LogP contribution in [0.15, 0.2) is 58.0 Å². The van der Waals surface area contributed by atoms with Crippen molar-refractivity contribution in [2.24, 2.45) is 5.10 Å². The second-order valence-electron chi connectivity index (χ2n) is 6.61. The van der Waals surface area contributed by atoms with E-state index in [1.165, 1.54) is 24.3 Å². The molecule has 3 amide bonds. The molecule has 158 valence electrons. The molecule has 1 aliphatic rings. The summed E-state index contributed by atoms with van der Waals surface area (Å²) in [6, 6.07) is 13.9. The highest BCUT2D eigenvalue weighted by Crippen LogP contribution is 2.30. The summed E-state index contributed by atoms with van der Waals surface area (Å²) in [5, 5.41) is 12.8. The highest BCUT2D eigenvalue weighted by molar-refractivity contribution is 6.67. The zero-order valence-electron chi connectivity index (χ0n) is 16.1. The fourth-order valence-electron chi connectivity index (χ4n) is 3.10. The quantitative estimate of drug-likeness (QED) is 0.364. The van der Waals surface area contributed by atoms with Crippen molar-refractivity contribution in [3.8, 4) is 6.07 Å². The third-order valence-electron chi connectivity index (χ3n) is 4.55. The Morgan fingerprint density at radius 3 is 2.56 bits per heavy atom. The molecule has 0 saturated carbocycles. The van der Waals surface area contributed by atoms with Gasteiger partial charge in [-0.1, -0.05) is 23.7 Å². The topological polar surface area (TPSA) is 146 Å². The third kappa shape index (κ3) is 3.73. The number of nitriles is 1. The molecule has 1 unspecified atom stereocenters. The summed E-state index contributed by atoms with van der Waals surface area (Å²) in [6.45, 7) is 0.